The zero-order valence-electron chi connectivity index (χ0n) is 13.6. The van der Waals surface area contributed by atoms with Gasteiger partial charge in [-0.2, -0.15) is 0 Å². The van der Waals surface area contributed by atoms with Gasteiger partial charge in [0, 0.05) is 11.6 Å². The van der Waals surface area contributed by atoms with E-state index in [9.17, 15) is 0 Å². The number of pyridine rings is 1. The Hall–Kier alpha value is -1.05. The predicted octanol–water partition coefficient (Wildman–Crippen LogP) is 5.40. The molecule has 0 spiro atoms. The summed E-state index contributed by atoms with van der Waals surface area (Å²) in [6, 6.07) is 4.26. The van der Waals surface area contributed by atoms with Gasteiger partial charge in [-0.15, -0.1) is 0 Å². The highest BCUT2D eigenvalue weighted by atomic mass is 16.5. The van der Waals surface area contributed by atoms with E-state index in [1.165, 1.54) is 63.5 Å². The molecule has 1 aromatic rings. The van der Waals surface area contributed by atoms with Gasteiger partial charge in [0.25, 0.3) is 0 Å². The maximum absolute atomic E-state index is 6.34. The van der Waals surface area contributed by atoms with Gasteiger partial charge in [0.2, 0.25) is 0 Å². The maximum atomic E-state index is 6.34. The van der Waals surface area contributed by atoms with Gasteiger partial charge >= 0.3 is 0 Å². The smallest absolute Gasteiger partial charge is 0.141 e. The summed E-state index contributed by atoms with van der Waals surface area (Å²) in [7, 11) is 0. The average Bonchev–Trinajstić information content (AvgIpc) is 2.67. The zero-order valence-corrected chi connectivity index (χ0v) is 13.6. The van der Waals surface area contributed by atoms with Crippen LogP contribution in [0.25, 0.3) is 0 Å². The lowest BCUT2D eigenvalue weighted by molar-refractivity contribution is 0.0968. The molecular formula is C19H29NO. The minimum Gasteiger partial charge on any atom is -0.489 e. The molecule has 2 aliphatic rings. The molecule has 2 heteroatoms. The summed E-state index contributed by atoms with van der Waals surface area (Å²) in [4.78, 5) is 4.87. The van der Waals surface area contributed by atoms with Crippen molar-refractivity contribution in [3.63, 3.8) is 0 Å². The van der Waals surface area contributed by atoms with Gasteiger partial charge in [0.1, 0.15) is 5.75 Å². The Morgan fingerprint density at radius 1 is 1.00 bits per heavy atom. The number of aromatic nitrogens is 1. The largest absolute Gasteiger partial charge is 0.489 e. The minimum atomic E-state index is 0.341. The van der Waals surface area contributed by atoms with E-state index in [4.69, 9.17) is 9.72 Å². The van der Waals surface area contributed by atoms with Crippen LogP contribution in [-0.4, -0.2) is 11.1 Å². The van der Waals surface area contributed by atoms with E-state index in [1.807, 2.05) is 0 Å². The lowest BCUT2D eigenvalue weighted by Crippen LogP contribution is -2.29. The molecule has 2 saturated carbocycles. The summed E-state index contributed by atoms with van der Waals surface area (Å²) in [5.74, 6) is 2.43. The summed E-state index contributed by atoms with van der Waals surface area (Å²) in [6.45, 7) is 4.33. The second-order valence-corrected chi connectivity index (χ2v) is 7.04. The summed E-state index contributed by atoms with van der Waals surface area (Å²) < 4.78 is 6.34. The summed E-state index contributed by atoms with van der Waals surface area (Å²) >= 11 is 0. The standard InChI is InChI=1S/C19H29NO/c1-14-12-13-18(21-15(2)16-10-7-11-16)19(20-14)17-8-5-3-4-6-9-17/h12-13,15-17H,3-11H2,1-2H3. The SMILES string of the molecule is Cc1ccc(OC(C)C2CCC2)c(C2CCCCCC2)n1. The third-order valence-corrected chi connectivity index (χ3v) is 5.39. The molecule has 1 atom stereocenters. The highest BCUT2D eigenvalue weighted by Gasteiger charge is 2.27. The Bertz CT molecular complexity index is 459. The zero-order chi connectivity index (χ0) is 14.7. The van der Waals surface area contributed by atoms with Crippen LogP contribution in [0.4, 0.5) is 0 Å². The van der Waals surface area contributed by atoms with Crippen molar-refractivity contribution >= 4 is 0 Å². The van der Waals surface area contributed by atoms with Gasteiger partial charge in [-0.1, -0.05) is 32.1 Å². The number of aryl methyl sites for hydroxylation is 1. The monoisotopic (exact) mass is 287 g/mol. The van der Waals surface area contributed by atoms with E-state index >= 15 is 0 Å². The van der Waals surface area contributed by atoms with Crippen LogP contribution < -0.4 is 4.74 Å². The maximum Gasteiger partial charge on any atom is 0.141 e. The van der Waals surface area contributed by atoms with Gasteiger partial charge in [-0.05, 0) is 57.6 Å². The molecule has 0 radical (unpaired) electrons. The minimum absolute atomic E-state index is 0.341. The molecule has 2 aliphatic carbocycles. The fourth-order valence-electron chi connectivity index (χ4n) is 3.71. The predicted molar refractivity (Wildman–Crippen MR) is 86.8 cm³/mol. The van der Waals surface area contributed by atoms with Crippen LogP contribution in [0.1, 0.15) is 82.0 Å². The first-order valence-corrected chi connectivity index (χ1v) is 8.88. The first-order chi connectivity index (χ1) is 10.2. The summed E-state index contributed by atoms with van der Waals surface area (Å²) in [5, 5.41) is 0. The fraction of sp³-hybridized carbons (Fsp3) is 0.737. The van der Waals surface area contributed by atoms with Crippen molar-refractivity contribution in [3.8, 4) is 5.75 Å². The fourth-order valence-corrected chi connectivity index (χ4v) is 3.71. The van der Waals surface area contributed by atoms with Crippen LogP contribution in [0.5, 0.6) is 5.75 Å². The Labute approximate surface area is 129 Å². The van der Waals surface area contributed by atoms with E-state index in [2.05, 4.69) is 26.0 Å². The molecule has 3 rings (SSSR count). The first-order valence-electron chi connectivity index (χ1n) is 8.88. The Balaban J connectivity index is 1.78. The normalized spacial score (nSPS) is 22.4. The van der Waals surface area contributed by atoms with Crippen LogP contribution in [0.2, 0.25) is 0 Å². The molecule has 0 amide bonds. The molecule has 0 aromatic carbocycles. The molecule has 0 saturated heterocycles. The highest BCUT2D eigenvalue weighted by Crippen LogP contribution is 2.38. The molecule has 1 unspecified atom stereocenters. The Morgan fingerprint density at radius 3 is 2.33 bits per heavy atom. The third kappa shape index (κ3) is 3.59. The van der Waals surface area contributed by atoms with Crippen molar-refractivity contribution in [1.82, 2.24) is 4.98 Å². The van der Waals surface area contributed by atoms with Gasteiger partial charge in [-0.3, -0.25) is 4.98 Å². The van der Waals surface area contributed by atoms with Crippen LogP contribution in [-0.2, 0) is 0 Å². The molecule has 0 bridgehead atoms. The number of hydrogen-bond acceptors (Lipinski definition) is 2. The molecule has 1 heterocycles. The topological polar surface area (TPSA) is 22.1 Å². The summed E-state index contributed by atoms with van der Waals surface area (Å²) in [5.41, 5.74) is 2.36. The molecular weight excluding hydrogens is 258 g/mol. The Morgan fingerprint density at radius 2 is 1.71 bits per heavy atom. The van der Waals surface area contributed by atoms with Crippen molar-refractivity contribution in [2.75, 3.05) is 0 Å². The molecule has 1 aromatic heterocycles. The van der Waals surface area contributed by atoms with Crippen LogP contribution in [0.15, 0.2) is 12.1 Å². The summed E-state index contributed by atoms with van der Waals surface area (Å²) in [6.07, 6.45) is 12.4. The number of rotatable bonds is 4. The van der Waals surface area contributed by atoms with Gasteiger partial charge in [0.15, 0.2) is 0 Å². The van der Waals surface area contributed by atoms with Crippen LogP contribution >= 0.6 is 0 Å². The molecule has 2 fully saturated rings. The second kappa shape index (κ2) is 6.81. The highest BCUT2D eigenvalue weighted by molar-refractivity contribution is 5.32. The van der Waals surface area contributed by atoms with Crippen molar-refractivity contribution in [3.05, 3.63) is 23.5 Å². The molecule has 21 heavy (non-hydrogen) atoms. The molecule has 0 aliphatic heterocycles. The van der Waals surface area contributed by atoms with E-state index < -0.39 is 0 Å². The van der Waals surface area contributed by atoms with E-state index in [1.54, 1.807) is 0 Å². The lowest BCUT2D eigenvalue weighted by Gasteiger charge is -2.32. The molecule has 116 valence electrons. The lowest BCUT2D eigenvalue weighted by atomic mass is 9.81. The quantitative estimate of drug-likeness (QED) is 0.692. The molecule has 0 N–H and O–H groups in total. The van der Waals surface area contributed by atoms with Gasteiger partial charge in [-0.25, -0.2) is 0 Å². The second-order valence-electron chi connectivity index (χ2n) is 7.04. The first kappa shape index (κ1) is 14.9. The van der Waals surface area contributed by atoms with Crippen LogP contribution in [0, 0.1) is 12.8 Å². The number of nitrogens with zero attached hydrogens (tertiary/aromatic N) is 1. The number of hydrogen-bond donors (Lipinski definition) is 0. The molecule has 2 nitrogen and oxygen atoms in total. The third-order valence-electron chi connectivity index (χ3n) is 5.39. The van der Waals surface area contributed by atoms with Crippen molar-refractivity contribution in [2.45, 2.75) is 83.7 Å². The van der Waals surface area contributed by atoms with Crippen molar-refractivity contribution in [2.24, 2.45) is 5.92 Å². The van der Waals surface area contributed by atoms with Crippen molar-refractivity contribution in [1.29, 1.82) is 0 Å². The number of ether oxygens (including phenoxy) is 1. The van der Waals surface area contributed by atoms with E-state index in [0.29, 0.717) is 12.0 Å². The van der Waals surface area contributed by atoms with E-state index in [0.717, 1.165) is 17.4 Å². The van der Waals surface area contributed by atoms with Gasteiger partial charge in [0.05, 0.1) is 11.8 Å². The average molecular weight is 287 g/mol. The Kier molecular flexibility index (Phi) is 4.82. The van der Waals surface area contributed by atoms with E-state index in [-0.39, 0.29) is 0 Å². The van der Waals surface area contributed by atoms with Crippen LogP contribution in [0.3, 0.4) is 0 Å². The van der Waals surface area contributed by atoms with Crippen molar-refractivity contribution < 1.29 is 4.74 Å². The van der Waals surface area contributed by atoms with Gasteiger partial charge < -0.3 is 4.74 Å².